The van der Waals surface area contributed by atoms with Crippen molar-refractivity contribution in [2.45, 2.75) is 69.1 Å². The van der Waals surface area contributed by atoms with E-state index in [1.807, 2.05) is 6.92 Å². The van der Waals surface area contributed by atoms with Gasteiger partial charge in [-0.3, -0.25) is 14.4 Å². The molecule has 3 aliphatic heterocycles. The van der Waals surface area contributed by atoms with Gasteiger partial charge in [0.2, 0.25) is 5.91 Å². The molecule has 9 heteroatoms. The largest absolute Gasteiger partial charge is 0.465 e. The zero-order valence-corrected chi connectivity index (χ0v) is 23.4. The lowest BCUT2D eigenvalue weighted by Gasteiger charge is -2.37. The van der Waals surface area contributed by atoms with Crippen molar-refractivity contribution in [3.63, 3.8) is 0 Å². The quantitative estimate of drug-likeness (QED) is 0.208. The number of para-hydroxylation sites is 1. The molecular weight excluding hydrogens is 520 g/mol. The highest BCUT2D eigenvalue weighted by molar-refractivity contribution is 6.34. The van der Waals surface area contributed by atoms with Gasteiger partial charge in [-0.2, -0.15) is 0 Å². The van der Waals surface area contributed by atoms with Crippen LogP contribution < -0.4 is 4.90 Å². The summed E-state index contributed by atoms with van der Waals surface area (Å²) < 4.78 is 12.4. The lowest BCUT2D eigenvalue weighted by Crippen LogP contribution is -2.56. The maximum Gasteiger partial charge on any atom is 0.312 e. The first kappa shape index (κ1) is 29.3. The van der Waals surface area contributed by atoms with Gasteiger partial charge in [-0.15, -0.1) is 13.2 Å². The van der Waals surface area contributed by atoms with Crippen molar-refractivity contribution in [2.75, 3.05) is 31.2 Å². The predicted octanol–water partition coefficient (Wildman–Crippen LogP) is 4.30. The number of unbranched alkanes of at least 4 members (excludes halogenated alkanes) is 2. The topological polar surface area (TPSA) is 96.4 Å². The Labute approximate surface area is 235 Å². The molecule has 0 aliphatic carbocycles. The first-order valence-electron chi connectivity index (χ1n) is 13.9. The number of carbonyl (C=O) groups excluding carboxylic acids is 3. The Morgan fingerprint density at radius 1 is 1.23 bits per heavy atom. The molecule has 3 fully saturated rings. The third-order valence-electron chi connectivity index (χ3n) is 8.51. The molecule has 8 nitrogen and oxygen atoms in total. The van der Waals surface area contributed by atoms with Gasteiger partial charge >= 0.3 is 5.97 Å². The first-order chi connectivity index (χ1) is 18.8. The average Bonchev–Trinajstić information content (AvgIpc) is 3.53. The standard InChI is InChI=1S/C30H39ClN2O6/c1-4-7-20-38-28(37)24-23-26(35)33(18-11-8-12-19-34)25(30(23)16-15-29(24,6-3)39-30)27(36)32(17-5-2)22-14-10-9-13-21(22)31/h4-5,9-10,13-14,23-25,34H,1-2,6-8,11-12,15-20H2,3H3/t23-,24+,25?,29-,30?/m0/s1. The van der Waals surface area contributed by atoms with Crippen LogP contribution in [0.5, 0.6) is 0 Å². The number of carbonyl (C=O) groups is 3. The number of aliphatic hydroxyl groups excluding tert-OH is 1. The molecule has 3 heterocycles. The summed E-state index contributed by atoms with van der Waals surface area (Å²) in [6.07, 6.45) is 7.29. The smallest absolute Gasteiger partial charge is 0.312 e. The molecule has 1 aromatic rings. The molecule has 2 bridgehead atoms. The van der Waals surface area contributed by atoms with Crippen LogP contribution in [0.25, 0.3) is 0 Å². The van der Waals surface area contributed by atoms with E-state index in [4.69, 9.17) is 21.1 Å². The number of amides is 2. The van der Waals surface area contributed by atoms with Crippen LogP contribution in [0.15, 0.2) is 49.6 Å². The van der Waals surface area contributed by atoms with Gasteiger partial charge in [-0.05, 0) is 57.1 Å². The third kappa shape index (κ3) is 5.03. The zero-order chi connectivity index (χ0) is 28.2. The lowest BCUT2D eigenvalue weighted by molar-refractivity contribution is -0.160. The Hall–Kier alpha value is -2.68. The Bertz CT molecular complexity index is 1110. The zero-order valence-electron chi connectivity index (χ0n) is 22.6. The van der Waals surface area contributed by atoms with Crippen LogP contribution in [0, 0.1) is 11.8 Å². The fraction of sp³-hybridized carbons (Fsp3) is 0.567. The minimum atomic E-state index is -1.15. The minimum absolute atomic E-state index is 0.0588. The number of aliphatic hydroxyl groups is 1. The molecule has 2 amide bonds. The Morgan fingerprint density at radius 3 is 2.67 bits per heavy atom. The van der Waals surface area contributed by atoms with E-state index in [9.17, 15) is 19.5 Å². The maximum atomic E-state index is 14.5. The van der Waals surface area contributed by atoms with Crippen molar-refractivity contribution >= 4 is 35.1 Å². The van der Waals surface area contributed by atoms with Crippen molar-refractivity contribution in [1.29, 1.82) is 0 Å². The van der Waals surface area contributed by atoms with E-state index in [0.717, 1.165) is 0 Å². The van der Waals surface area contributed by atoms with E-state index < -0.39 is 35.0 Å². The Balaban J connectivity index is 1.76. The van der Waals surface area contributed by atoms with Gasteiger partial charge < -0.3 is 24.4 Å². The minimum Gasteiger partial charge on any atom is -0.465 e. The molecule has 0 aromatic heterocycles. The Morgan fingerprint density at radius 2 is 2.00 bits per heavy atom. The van der Waals surface area contributed by atoms with E-state index in [1.165, 1.54) is 0 Å². The molecule has 3 saturated heterocycles. The summed E-state index contributed by atoms with van der Waals surface area (Å²) in [5.41, 5.74) is -1.49. The predicted molar refractivity (Wildman–Crippen MR) is 149 cm³/mol. The van der Waals surface area contributed by atoms with Crippen LogP contribution in [0.4, 0.5) is 5.69 Å². The number of nitrogens with zero attached hydrogens (tertiary/aromatic N) is 2. The number of ether oxygens (including phenoxy) is 2. The van der Waals surface area contributed by atoms with Gasteiger partial charge in [0.05, 0.1) is 28.8 Å². The summed E-state index contributed by atoms with van der Waals surface area (Å²) in [5, 5.41) is 9.66. The summed E-state index contributed by atoms with van der Waals surface area (Å²) in [6, 6.07) is 6.14. The van der Waals surface area contributed by atoms with Gasteiger partial charge in [-0.1, -0.05) is 42.8 Å². The fourth-order valence-corrected chi connectivity index (χ4v) is 6.99. The summed E-state index contributed by atoms with van der Waals surface area (Å²) in [7, 11) is 0. The van der Waals surface area contributed by atoms with E-state index in [-0.39, 0.29) is 31.6 Å². The van der Waals surface area contributed by atoms with E-state index >= 15 is 0 Å². The van der Waals surface area contributed by atoms with Crippen LogP contribution >= 0.6 is 11.6 Å². The van der Waals surface area contributed by atoms with Gasteiger partial charge in [0.15, 0.2) is 0 Å². The molecule has 3 aliphatic rings. The highest BCUT2D eigenvalue weighted by atomic mass is 35.5. The molecule has 0 radical (unpaired) electrons. The molecule has 39 heavy (non-hydrogen) atoms. The molecule has 4 rings (SSSR count). The van der Waals surface area contributed by atoms with Crippen molar-refractivity contribution in [1.82, 2.24) is 4.90 Å². The highest BCUT2D eigenvalue weighted by Crippen LogP contribution is 2.64. The van der Waals surface area contributed by atoms with Gasteiger partial charge in [0.1, 0.15) is 17.6 Å². The number of esters is 1. The molecule has 2 unspecified atom stereocenters. The SMILES string of the molecule is C=CCCOC(=O)[C@H]1[C@H]2C(=O)N(CCCCCO)C(C(=O)N(CC=C)c3ccccc3Cl)C23CC[C@]1(CC)O3. The van der Waals surface area contributed by atoms with Crippen LogP contribution in [0.2, 0.25) is 5.02 Å². The summed E-state index contributed by atoms with van der Waals surface area (Å²) >= 11 is 6.51. The number of hydrogen-bond acceptors (Lipinski definition) is 6. The van der Waals surface area contributed by atoms with Crippen molar-refractivity contribution in [3.8, 4) is 0 Å². The molecular formula is C30H39ClN2O6. The van der Waals surface area contributed by atoms with Gasteiger partial charge in [-0.25, -0.2) is 0 Å². The number of fused-ring (bicyclic) bond motifs is 1. The van der Waals surface area contributed by atoms with E-state index in [1.54, 1.807) is 46.2 Å². The van der Waals surface area contributed by atoms with Gasteiger partial charge in [0, 0.05) is 19.7 Å². The lowest BCUT2D eigenvalue weighted by atomic mass is 9.65. The number of benzene rings is 1. The normalized spacial score (nSPS) is 28.8. The Kier molecular flexibility index (Phi) is 9.19. The second-order valence-corrected chi connectivity index (χ2v) is 11.0. The number of halogens is 1. The average molecular weight is 559 g/mol. The van der Waals surface area contributed by atoms with Crippen molar-refractivity contribution in [3.05, 3.63) is 54.6 Å². The van der Waals surface area contributed by atoms with Crippen LogP contribution in [0.1, 0.15) is 51.9 Å². The maximum absolute atomic E-state index is 14.5. The molecule has 1 spiro atoms. The number of rotatable bonds is 14. The van der Waals surface area contributed by atoms with Crippen LogP contribution in [0.3, 0.4) is 0 Å². The summed E-state index contributed by atoms with van der Waals surface area (Å²) in [4.78, 5) is 45.3. The summed E-state index contributed by atoms with van der Waals surface area (Å²) in [6.45, 7) is 10.2. The van der Waals surface area contributed by atoms with E-state index in [2.05, 4.69) is 13.2 Å². The third-order valence-corrected chi connectivity index (χ3v) is 8.83. The molecule has 0 saturated carbocycles. The fourth-order valence-electron chi connectivity index (χ4n) is 6.75. The van der Waals surface area contributed by atoms with Crippen LogP contribution in [-0.4, -0.2) is 71.3 Å². The van der Waals surface area contributed by atoms with Crippen molar-refractivity contribution in [2.24, 2.45) is 11.8 Å². The number of likely N-dealkylation sites (tertiary alicyclic amines) is 1. The monoisotopic (exact) mass is 558 g/mol. The van der Waals surface area contributed by atoms with E-state index in [0.29, 0.717) is 62.2 Å². The second kappa shape index (κ2) is 12.2. The number of hydrogen-bond donors (Lipinski definition) is 1. The second-order valence-electron chi connectivity index (χ2n) is 10.6. The highest BCUT2D eigenvalue weighted by Gasteiger charge is 2.79. The van der Waals surface area contributed by atoms with Crippen molar-refractivity contribution < 1.29 is 29.0 Å². The number of anilines is 1. The van der Waals surface area contributed by atoms with Gasteiger partial charge in [0.25, 0.3) is 5.91 Å². The first-order valence-corrected chi connectivity index (χ1v) is 14.3. The van der Waals surface area contributed by atoms with Crippen LogP contribution in [-0.2, 0) is 23.9 Å². The molecule has 212 valence electrons. The summed E-state index contributed by atoms with van der Waals surface area (Å²) in [5.74, 6) is -2.63. The molecule has 5 atom stereocenters. The molecule has 1 N–H and O–H groups in total. The molecule has 1 aromatic carbocycles.